The highest BCUT2D eigenvalue weighted by Crippen LogP contribution is 2.26. The van der Waals surface area contributed by atoms with Gasteiger partial charge < -0.3 is 30.0 Å². The minimum absolute atomic E-state index is 0.204. The summed E-state index contributed by atoms with van der Waals surface area (Å²) in [6.07, 6.45) is 4.42. The van der Waals surface area contributed by atoms with Crippen molar-refractivity contribution in [2.45, 2.75) is 65.5 Å². The number of nitrogens with zero attached hydrogens (tertiary/aromatic N) is 4. The lowest BCUT2D eigenvalue weighted by molar-refractivity contribution is -0.144. The Hall–Kier alpha value is -5.14. The number of anilines is 2. The number of aromatic nitrogens is 4. The molecule has 0 saturated heterocycles. The third kappa shape index (κ3) is 7.69. The quantitative estimate of drug-likeness (QED) is 0.220. The molecule has 0 aliphatic rings. The van der Waals surface area contributed by atoms with E-state index >= 15 is 0 Å². The number of hydrogen-bond acceptors (Lipinski definition) is 11. The Balaban J connectivity index is 0.000000246. The van der Waals surface area contributed by atoms with E-state index in [-0.39, 0.29) is 11.1 Å². The molecular formula is C31H40N6O8. The predicted octanol–water partition coefficient (Wildman–Crippen LogP) is 3.17. The van der Waals surface area contributed by atoms with Crippen molar-refractivity contribution in [3.05, 3.63) is 68.8 Å². The highest BCUT2D eigenvalue weighted by atomic mass is 16.5. The monoisotopic (exact) mass is 624 g/mol. The number of ether oxygens (including phenoxy) is 3. The summed E-state index contributed by atoms with van der Waals surface area (Å²) in [5, 5.41) is 15.1. The van der Waals surface area contributed by atoms with E-state index in [1.165, 1.54) is 62.3 Å². The summed E-state index contributed by atoms with van der Waals surface area (Å²) < 4.78 is 18.1. The molecule has 0 aliphatic heterocycles. The van der Waals surface area contributed by atoms with Crippen LogP contribution in [0.5, 0.6) is 11.5 Å². The standard InChI is InChI=1S/C16H21N3O4.C15H19N3O4/c1-6-10-8-13(20)19-9-11(7-12(22-4)14(19)17-10)18-16(2,3)15(21)23-5;1-5-9-7-12(19)18-8-10(17-15(2,3)14(20)21)6-11(22-4)13(18)16-9/h7-9,18H,6H2,1-5H3;6-8,17H,5H2,1-4H3,(H,20,21). The van der Waals surface area contributed by atoms with Gasteiger partial charge in [0.1, 0.15) is 11.1 Å². The number of carboxylic acids is 1. The van der Waals surface area contributed by atoms with Crippen LogP contribution in [0.2, 0.25) is 0 Å². The van der Waals surface area contributed by atoms with Crippen LogP contribution in [-0.2, 0) is 27.2 Å². The topological polar surface area (TPSA) is 175 Å². The Morgan fingerprint density at radius 1 is 0.756 bits per heavy atom. The molecule has 3 N–H and O–H groups in total. The van der Waals surface area contributed by atoms with Gasteiger partial charge in [-0.25, -0.2) is 19.6 Å². The number of methoxy groups -OCH3 is 3. The van der Waals surface area contributed by atoms with Crippen LogP contribution in [0.25, 0.3) is 11.3 Å². The van der Waals surface area contributed by atoms with Crippen molar-refractivity contribution in [2.75, 3.05) is 32.0 Å². The predicted molar refractivity (Wildman–Crippen MR) is 170 cm³/mol. The van der Waals surface area contributed by atoms with Crippen molar-refractivity contribution in [2.24, 2.45) is 0 Å². The van der Waals surface area contributed by atoms with Gasteiger partial charge in [-0.1, -0.05) is 13.8 Å². The Kier molecular flexibility index (Phi) is 10.4. The average molecular weight is 625 g/mol. The Bertz CT molecular complexity index is 1840. The zero-order chi connectivity index (χ0) is 33.7. The van der Waals surface area contributed by atoms with Gasteiger partial charge in [0.05, 0.1) is 32.7 Å². The molecule has 0 fully saturated rings. The van der Waals surface area contributed by atoms with Crippen LogP contribution < -0.4 is 31.2 Å². The molecular weight excluding hydrogens is 584 g/mol. The van der Waals surface area contributed by atoms with Gasteiger partial charge in [-0.2, -0.15) is 0 Å². The number of carbonyl (C=O) groups excluding carboxylic acids is 1. The first kappa shape index (κ1) is 34.4. The van der Waals surface area contributed by atoms with Gasteiger partial charge in [-0.05, 0) is 40.5 Å². The molecule has 0 radical (unpaired) electrons. The summed E-state index contributed by atoms with van der Waals surface area (Å²) in [5.41, 5.74) is 0.666. The number of pyridine rings is 2. The fraction of sp³-hybridized carbons (Fsp3) is 0.419. The number of carbonyl (C=O) groups is 2. The van der Waals surface area contributed by atoms with Crippen LogP contribution in [0.1, 0.15) is 52.9 Å². The summed E-state index contributed by atoms with van der Waals surface area (Å²) in [4.78, 5) is 56.3. The summed E-state index contributed by atoms with van der Waals surface area (Å²) >= 11 is 0. The normalized spacial score (nSPS) is 11.4. The minimum atomic E-state index is -1.18. The molecule has 0 amide bonds. The van der Waals surface area contributed by atoms with E-state index in [2.05, 4.69) is 20.6 Å². The van der Waals surface area contributed by atoms with Crippen molar-refractivity contribution >= 4 is 34.6 Å². The second kappa shape index (κ2) is 13.7. The largest absolute Gasteiger partial charge is 0.493 e. The zero-order valence-corrected chi connectivity index (χ0v) is 27.0. The lowest BCUT2D eigenvalue weighted by Gasteiger charge is -2.24. The Morgan fingerprint density at radius 2 is 1.16 bits per heavy atom. The maximum Gasteiger partial charge on any atom is 0.330 e. The van der Waals surface area contributed by atoms with Crippen LogP contribution in [0.4, 0.5) is 11.4 Å². The molecule has 14 nitrogen and oxygen atoms in total. The number of hydrogen-bond donors (Lipinski definition) is 3. The maximum atomic E-state index is 12.3. The molecule has 0 aliphatic carbocycles. The van der Waals surface area contributed by atoms with Gasteiger partial charge in [0.15, 0.2) is 22.8 Å². The lowest BCUT2D eigenvalue weighted by Crippen LogP contribution is -2.41. The average Bonchev–Trinajstić information content (AvgIpc) is 3.00. The molecule has 4 rings (SSSR count). The number of rotatable bonds is 10. The molecule has 0 saturated carbocycles. The number of aliphatic carboxylic acids is 1. The van der Waals surface area contributed by atoms with Crippen molar-refractivity contribution in [1.82, 2.24) is 18.8 Å². The van der Waals surface area contributed by atoms with Crippen molar-refractivity contribution in [1.29, 1.82) is 0 Å². The first-order valence-electron chi connectivity index (χ1n) is 14.2. The van der Waals surface area contributed by atoms with Crippen LogP contribution in [0, 0.1) is 0 Å². The van der Waals surface area contributed by atoms with E-state index in [1.54, 1.807) is 32.2 Å². The van der Waals surface area contributed by atoms with E-state index in [0.717, 1.165) is 0 Å². The lowest BCUT2D eigenvalue weighted by atomic mass is 10.1. The molecule has 0 atom stereocenters. The summed E-state index contributed by atoms with van der Waals surface area (Å²) in [6.45, 7) is 10.3. The zero-order valence-electron chi connectivity index (χ0n) is 27.0. The number of aryl methyl sites for hydroxylation is 2. The third-order valence-corrected chi connectivity index (χ3v) is 6.87. The summed E-state index contributed by atoms with van der Waals surface area (Å²) in [7, 11) is 4.31. The number of fused-ring (bicyclic) bond motifs is 2. The molecule has 4 heterocycles. The van der Waals surface area contributed by atoms with Gasteiger partial charge in [0.25, 0.3) is 11.1 Å². The summed E-state index contributed by atoms with van der Waals surface area (Å²) in [5.74, 6) is -0.566. The smallest absolute Gasteiger partial charge is 0.330 e. The highest BCUT2D eigenvalue weighted by molar-refractivity contribution is 5.84. The van der Waals surface area contributed by atoms with E-state index < -0.39 is 23.0 Å². The van der Waals surface area contributed by atoms with Gasteiger partial charge in [0, 0.05) is 48.0 Å². The van der Waals surface area contributed by atoms with Crippen LogP contribution in [0.3, 0.4) is 0 Å². The molecule has 0 bridgehead atoms. The molecule has 0 aromatic carbocycles. The third-order valence-electron chi connectivity index (χ3n) is 6.87. The van der Waals surface area contributed by atoms with Crippen molar-refractivity contribution in [3.63, 3.8) is 0 Å². The van der Waals surface area contributed by atoms with Gasteiger partial charge in [-0.15, -0.1) is 0 Å². The second-order valence-corrected chi connectivity index (χ2v) is 11.2. The minimum Gasteiger partial charge on any atom is -0.493 e. The van der Waals surface area contributed by atoms with Crippen LogP contribution in [-0.4, -0.2) is 68.2 Å². The fourth-order valence-electron chi connectivity index (χ4n) is 4.32. The van der Waals surface area contributed by atoms with Gasteiger partial charge >= 0.3 is 11.9 Å². The molecule has 14 heteroatoms. The molecule has 0 spiro atoms. The Morgan fingerprint density at radius 3 is 1.49 bits per heavy atom. The maximum absolute atomic E-state index is 12.3. The SMILES string of the molecule is CCc1cc(=O)n2cc(NC(C)(C)C(=O)O)cc(OC)c2n1.CCc1cc(=O)n2cc(NC(C)(C)C(=O)OC)cc(OC)c2n1. The fourth-order valence-corrected chi connectivity index (χ4v) is 4.32. The molecule has 4 aromatic rings. The first-order chi connectivity index (χ1) is 21.1. The first-order valence-corrected chi connectivity index (χ1v) is 14.2. The van der Waals surface area contributed by atoms with E-state index in [4.69, 9.17) is 14.2 Å². The number of carboxylic acid groups (broad SMARTS) is 1. The second-order valence-electron chi connectivity index (χ2n) is 11.2. The molecule has 0 unspecified atom stereocenters. The van der Waals surface area contributed by atoms with Crippen molar-refractivity contribution in [3.8, 4) is 11.5 Å². The van der Waals surface area contributed by atoms with E-state index in [9.17, 15) is 24.3 Å². The van der Waals surface area contributed by atoms with E-state index in [0.29, 0.717) is 58.4 Å². The molecule has 45 heavy (non-hydrogen) atoms. The van der Waals surface area contributed by atoms with E-state index in [1.807, 2.05) is 13.8 Å². The number of nitrogens with one attached hydrogen (secondary N) is 2. The number of esters is 1. The highest BCUT2D eigenvalue weighted by Gasteiger charge is 2.29. The Labute approximate surface area is 260 Å². The van der Waals surface area contributed by atoms with Gasteiger partial charge in [0.2, 0.25) is 0 Å². The van der Waals surface area contributed by atoms with Gasteiger partial charge in [-0.3, -0.25) is 18.4 Å². The van der Waals surface area contributed by atoms with Crippen molar-refractivity contribution < 1.29 is 28.9 Å². The van der Waals surface area contributed by atoms with Crippen LogP contribution in [0.15, 0.2) is 46.2 Å². The molecule has 242 valence electrons. The van der Waals surface area contributed by atoms with Crippen LogP contribution >= 0.6 is 0 Å². The summed E-state index contributed by atoms with van der Waals surface area (Å²) in [6, 6.07) is 6.28. The molecule has 4 aromatic heterocycles.